The van der Waals surface area contributed by atoms with Gasteiger partial charge in [0.25, 0.3) is 0 Å². The van der Waals surface area contributed by atoms with Crippen LogP contribution in [-0.4, -0.2) is 4.98 Å². The van der Waals surface area contributed by atoms with Gasteiger partial charge in [-0.25, -0.2) is 9.37 Å². The molecule has 1 heterocycles. The second-order valence-corrected chi connectivity index (χ2v) is 4.34. The van der Waals surface area contributed by atoms with Gasteiger partial charge in [0, 0.05) is 17.8 Å². The van der Waals surface area contributed by atoms with Crippen molar-refractivity contribution in [3.8, 4) is 11.8 Å². The van der Waals surface area contributed by atoms with Crippen molar-refractivity contribution in [1.29, 1.82) is 5.26 Å². The number of nitriles is 1. The van der Waals surface area contributed by atoms with Crippen molar-refractivity contribution in [2.24, 2.45) is 0 Å². The summed E-state index contributed by atoms with van der Waals surface area (Å²) in [6.45, 7) is 0.178. The molecule has 1 aromatic heterocycles. The van der Waals surface area contributed by atoms with Gasteiger partial charge in [0.2, 0.25) is 0 Å². The molecule has 0 N–H and O–H groups in total. The Morgan fingerprint density at radius 3 is 2.94 bits per heavy atom. The summed E-state index contributed by atoms with van der Waals surface area (Å²) in [7, 11) is 0. The van der Waals surface area contributed by atoms with E-state index in [1.165, 1.54) is 6.07 Å². The molecule has 2 aromatic rings. The van der Waals surface area contributed by atoms with Gasteiger partial charge in [0.15, 0.2) is 0 Å². The van der Waals surface area contributed by atoms with Crippen LogP contribution in [0.4, 0.5) is 4.39 Å². The molecular weight excluding hydrogens is 299 g/mol. The van der Waals surface area contributed by atoms with E-state index in [2.05, 4.69) is 20.9 Å². The Balaban J connectivity index is 2.12. The number of hydrogen-bond acceptors (Lipinski definition) is 3. The summed E-state index contributed by atoms with van der Waals surface area (Å²) in [5.41, 5.74) is 0.985. The predicted molar refractivity (Wildman–Crippen MR) is 67.4 cm³/mol. The van der Waals surface area contributed by atoms with E-state index in [1.807, 2.05) is 6.07 Å². The normalized spacial score (nSPS) is 9.83. The van der Waals surface area contributed by atoms with Crippen molar-refractivity contribution in [2.75, 3.05) is 0 Å². The molecule has 0 radical (unpaired) electrons. The molecule has 0 fully saturated rings. The summed E-state index contributed by atoms with van der Waals surface area (Å²) < 4.78 is 19.1. The van der Waals surface area contributed by atoms with Crippen LogP contribution in [0.3, 0.4) is 0 Å². The fraction of sp³-hybridized carbons (Fsp3) is 0.0769. The number of halogens is 2. The van der Waals surface area contributed by atoms with Crippen molar-refractivity contribution >= 4 is 15.9 Å². The van der Waals surface area contributed by atoms with Crippen LogP contribution >= 0.6 is 15.9 Å². The maximum absolute atomic E-state index is 13.3. The average molecular weight is 307 g/mol. The molecule has 0 amide bonds. The molecule has 2 rings (SSSR count). The van der Waals surface area contributed by atoms with E-state index in [9.17, 15) is 4.39 Å². The first-order valence-electron chi connectivity index (χ1n) is 5.12. The SMILES string of the molecule is N#Cc1ncccc1COc1ccc(Br)c(F)c1. The summed E-state index contributed by atoms with van der Waals surface area (Å²) in [4.78, 5) is 3.92. The van der Waals surface area contributed by atoms with E-state index in [0.717, 1.165) is 0 Å². The zero-order valence-corrected chi connectivity index (χ0v) is 10.8. The molecule has 0 aliphatic rings. The first-order chi connectivity index (χ1) is 8.70. The molecule has 0 saturated heterocycles. The number of ether oxygens (including phenoxy) is 1. The zero-order chi connectivity index (χ0) is 13.0. The van der Waals surface area contributed by atoms with E-state index in [0.29, 0.717) is 21.5 Å². The molecule has 0 unspecified atom stereocenters. The number of pyridine rings is 1. The Labute approximate surface area is 112 Å². The molecule has 1 aromatic carbocycles. The van der Waals surface area contributed by atoms with Gasteiger partial charge in [-0.05, 0) is 34.1 Å². The molecular formula is C13H8BrFN2O. The van der Waals surface area contributed by atoms with Crippen LogP contribution in [0.15, 0.2) is 41.0 Å². The highest BCUT2D eigenvalue weighted by atomic mass is 79.9. The van der Waals surface area contributed by atoms with Gasteiger partial charge in [0.05, 0.1) is 4.47 Å². The highest BCUT2D eigenvalue weighted by molar-refractivity contribution is 9.10. The maximum atomic E-state index is 13.3. The fourth-order valence-electron chi connectivity index (χ4n) is 1.38. The Hall–Kier alpha value is -1.93. The van der Waals surface area contributed by atoms with Crippen LogP contribution < -0.4 is 4.74 Å². The van der Waals surface area contributed by atoms with Gasteiger partial charge in [-0.15, -0.1) is 0 Å². The number of aromatic nitrogens is 1. The van der Waals surface area contributed by atoms with Gasteiger partial charge in [0.1, 0.15) is 29.9 Å². The number of nitrogens with zero attached hydrogens (tertiary/aromatic N) is 2. The van der Waals surface area contributed by atoms with Crippen molar-refractivity contribution in [1.82, 2.24) is 4.98 Å². The maximum Gasteiger partial charge on any atom is 0.147 e. The number of rotatable bonds is 3. The van der Waals surface area contributed by atoms with Crippen LogP contribution in [0.5, 0.6) is 5.75 Å². The molecule has 18 heavy (non-hydrogen) atoms. The summed E-state index contributed by atoms with van der Waals surface area (Å²) in [5, 5.41) is 8.86. The van der Waals surface area contributed by atoms with E-state index >= 15 is 0 Å². The largest absolute Gasteiger partial charge is 0.489 e. The minimum Gasteiger partial charge on any atom is -0.489 e. The topological polar surface area (TPSA) is 45.9 Å². The Morgan fingerprint density at radius 2 is 2.22 bits per heavy atom. The summed E-state index contributed by atoms with van der Waals surface area (Å²) >= 11 is 3.06. The van der Waals surface area contributed by atoms with E-state index in [1.54, 1.807) is 30.5 Å². The Kier molecular flexibility index (Phi) is 3.90. The number of hydrogen-bond donors (Lipinski definition) is 0. The third-order valence-electron chi connectivity index (χ3n) is 2.28. The van der Waals surface area contributed by atoms with E-state index in [4.69, 9.17) is 10.00 Å². The lowest BCUT2D eigenvalue weighted by atomic mass is 10.2. The first-order valence-corrected chi connectivity index (χ1v) is 5.92. The molecule has 0 aliphatic carbocycles. The van der Waals surface area contributed by atoms with Crippen LogP contribution in [0.2, 0.25) is 0 Å². The summed E-state index contributed by atoms with van der Waals surface area (Å²) in [6, 6.07) is 9.96. The highest BCUT2D eigenvalue weighted by Crippen LogP contribution is 2.21. The summed E-state index contributed by atoms with van der Waals surface area (Å²) in [5.74, 6) is 0.0163. The van der Waals surface area contributed by atoms with Crippen LogP contribution in [0, 0.1) is 17.1 Å². The smallest absolute Gasteiger partial charge is 0.147 e. The lowest BCUT2D eigenvalue weighted by Crippen LogP contribution is -2.00. The third-order valence-corrected chi connectivity index (χ3v) is 2.93. The van der Waals surface area contributed by atoms with E-state index < -0.39 is 0 Å². The highest BCUT2D eigenvalue weighted by Gasteiger charge is 2.05. The second-order valence-electron chi connectivity index (χ2n) is 3.49. The molecule has 90 valence electrons. The lowest BCUT2D eigenvalue weighted by Gasteiger charge is -2.07. The number of benzene rings is 1. The first kappa shape index (κ1) is 12.5. The minimum atomic E-state index is -0.390. The van der Waals surface area contributed by atoms with Gasteiger partial charge in [-0.3, -0.25) is 0 Å². The molecule has 0 bridgehead atoms. The minimum absolute atomic E-state index is 0.178. The third kappa shape index (κ3) is 2.84. The Morgan fingerprint density at radius 1 is 1.39 bits per heavy atom. The Bertz CT molecular complexity index is 610. The molecule has 0 aliphatic heterocycles. The predicted octanol–water partition coefficient (Wildman–Crippen LogP) is 3.43. The monoisotopic (exact) mass is 306 g/mol. The molecule has 5 heteroatoms. The van der Waals surface area contributed by atoms with Crippen LogP contribution in [0.1, 0.15) is 11.3 Å². The second kappa shape index (κ2) is 5.61. The van der Waals surface area contributed by atoms with Crippen LogP contribution in [0.25, 0.3) is 0 Å². The van der Waals surface area contributed by atoms with Gasteiger partial charge >= 0.3 is 0 Å². The summed E-state index contributed by atoms with van der Waals surface area (Å²) in [6.07, 6.45) is 1.54. The van der Waals surface area contributed by atoms with Crippen molar-refractivity contribution < 1.29 is 9.13 Å². The standard InChI is InChI=1S/C13H8BrFN2O/c14-11-4-3-10(6-12(11)15)18-8-9-2-1-5-17-13(9)7-16/h1-6H,8H2. The molecule has 0 saturated carbocycles. The van der Waals surface area contributed by atoms with Crippen molar-refractivity contribution in [2.45, 2.75) is 6.61 Å². The van der Waals surface area contributed by atoms with Gasteiger partial charge in [-0.2, -0.15) is 5.26 Å². The molecule has 3 nitrogen and oxygen atoms in total. The van der Waals surface area contributed by atoms with Crippen molar-refractivity contribution in [3.63, 3.8) is 0 Å². The fourth-order valence-corrected chi connectivity index (χ4v) is 1.63. The van der Waals surface area contributed by atoms with Crippen LogP contribution in [-0.2, 0) is 6.61 Å². The van der Waals surface area contributed by atoms with Gasteiger partial charge < -0.3 is 4.74 Å². The lowest BCUT2D eigenvalue weighted by molar-refractivity contribution is 0.303. The molecule has 0 spiro atoms. The quantitative estimate of drug-likeness (QED) is 0.872. The van der Waals surface area contributed by atoms with E-state index in [-0.39, 0.29) is 12.4 Å². The average Bonchev–Trinajstić information content (AvgIpc) is 2.40. The molecule has 0 atom stereocenters. The van der Waals surface area contributed by atoms with Gasteiger partial charge in [-0.1, -0.05) is 6.07 Å². The zero-order valence-electron chi connectivity index (χ0n) is 9.23. The van der Waals surface area contributed by atoms with Crippen molar-refractivity contribution in [3.05, 3.63) is 58.1 Å².